The predicted molar refractivity (Wildman–Crippen MR) is 66.5 cm³/mol. The first-order valence-electron chi connectivity index (χ1n) is 6.01. The van der Waals surface area contributed by atoms with Gasteiger partial charge in [-0.25, -0.2) is 4.39 Å². The molecule has 1 aromatic rings. The van der Waals surface area contributed by atoms with Crippen LogP contribution in [0.2, 0.25) is 0 Å². The zero-order chi connectivity index (χ0) is 12.3. The molecular formula is C13H19FN2O. The van der Waals surface area contributed by atoms with Crippen LogP contribution in [0.15, 0.2) is 18.2 Å². The van der Waals surface area contributed by atoms with Crippen LogP contribution >= 0.6 is 0 Å². The highest BCUT2D eigenvalue weighted by molar-refractivity contribution is 5.42. The molecule has 0 aliphatic carbocycles. The van der Waals surface area contributed by atoms with Gasteiger partial charge in [0.05, 0.1) is 6.61 Å². The first-order valence-corrected chi connectivity index (χ1v) is 6.01. The summed E-state index contributed by atoms with van der Waals surface area (Å²) in [7, 11) is 2.11. The summed E-state index contributed by atoms with van der Waals surface area (Å²) in [6.07, 6.45) is 2.34. The second-order valence-corrected chi connectivity index (χ2v) is 4.77. The summed E-state index contributed by atoms with van der Waals surface area (Å²) in [5.41, 5.74) is 5.91. The number of nitrogens with zero attached hydrogens (tertiary/aromatic N) is 1. The van der Waals surface area contributed by atoms with Gasteiger partial charge < -0.3 is 15.4 Å². The third-order valence-corrected chi connectivity index (χ3v) is 3.15. The van der Waals surface area contributed by atoms with E-state index in [2.05, 4.69) is 11.9 Å². The lowest BCUT2D eigenvalue weighted by Crippen LogP contribution is -2.34. The van der Waals surface area contributed by atoms with Crippen molar-refractivity contribution in [3.8, 4) is 5.75 Å². The van der Waals surface area contributed by atoms with Crippen molar-refractivity contribution >= 4 is 5.69 Å². The smallest absolute Gasteiger partial charge is 0.167 e. The fraction of sp³-hybridized carbons (Fsp3) is 0.538. The fourth-order valence-electron chi connectivity index (χ4n) is 2.25. The quantitative estimate of drug-likeness (QED) is 0.820. The Balaban J connectivity index is 1.88. The van der Waals surface area contributed by atoms with Gasteiger partial charge in [0.1, 0.15) is 0 Å². The van der Waals surface area contributed by atoms with Crippen LogP contribution in [0.25, 0.3) is 0 Å². The van der Waals surface area contributed by atoms with Crippen molar-refractivity contribution < 1.29 is 9.13 Å². The van der Waals surface area contributed by atoms with Crippen molar-refractivity contribution in [3.63, 3.8) is 0 Å². The highest BCUT2D eigenvalue weighted by Gasteiger charge is 2.18. The summed E-state index contributed by atoms with van der Waals surface area (Å²) in [6.45, 7) is 2.74. The zero-order valence-electron chi connectivity index (χ0n) is 10.2. The number of halogens is 1. The molecule has 0 amide bonds. The Bertz CT molecular complexity index is 384. The summed E-state index contributed by atoms with van der Waals surface area (Å²) in [5.74, 6) is 0.410. The maximum atomic E-state index is 13.5. The normalized spacial score (nSPS) is 21.4. The van der Waals surface area contributed by atoms with Gasteiger partial charge in [0.25, 0.3) is 0 Å². The summed E-state index contributed by atoms with van der Waals surface area (Å²) in [5, 5.41) is 0. The van der Waals surface area contributed by atoms with E-state index in [0.717, 1.165) is 19.5 Å². The molecule has 94 valence electrons. The minimum atomic E-state index is -0.380. The van der Waals surface area contributed by atoms with Gasteiger partial charge >= 0.3 is 0 Å². The summed E-state index contributed by atoms with van der Waals surface area (Å²) in [4.78, 5) is 2.29. The Kier molecular flexibility index (Phi) is 3.84. The molecule has 0 spiro atoms. The van der Waals surface area contributed by atoms with Crippen LogP contribution in [0.3, 0.4) is 0 Å². The molecule has 3 nitrogen and oxygen atoms in total. The molecule has 0 bridgehead atoms. The van der Waals surface area contributed by atoms with E-state index < -0.39 is 0 Å². The van der Waals surface area contributed by atoms with E-state index in [-0.39, 0.29) is 5.82 Å². The van der Waals surface area contributed by atoms with E-state index in [1.54, 1.807) is 12.1 Å². The van der Waals surface area contributed by atoms with E-state index in [0.29, 0.717) is 24.0 Å². The van der Waals surface area contributed by atoms with Gasteiger partial charge in [0, 0.05) is 24.2 Å². The van der Waals surface area contributed by atoms with E-state index in [1.165, 1.54) is 12.5 Å². The number of rotatable bonds is 3. The lowest BCUT2D eigenvalue weighted by Gasteiger charge is -2.29. The molecule has 0 radical (unpaired) electrons. The Hall–Kier alpha value is -1.29. The maximum absolute atomic E-state index is 13.5. The van der Waals surface area contributed by atoms with Crippen molar-refractivity contribution in [2.45, 2.75) is 12.8 Å². The standard InChI is InChI=1S/C13H19FN2O/c1-16-6-2-3-10(8-16)9-17-13-5-4-11(15)7-12(13)14/h4-5,7,10H,2-3,6,8-9,15H2,1H3/t10-/m1/s1. The zero-order valence-corrected chi connectivity index (χ0v) is 10.2. The first kappa shape index (κ1) is 12.2. The van der Waals surface area contributed by atoms with Crippen LogP contribution in [-0.4, -0.2) is 31.6 Å². The number of ether oxygens (including phenoxy) is 1. The summed E-state index contributed by atoms with van der Waals surface area (Å²) in [6, 6.07) is 4.55. The maximum Gasteiger partial charge on any atom is 0.167 e. The average Bonchev–Trinajstić information content (AvgIpc) is 2.28. The Morgan fingerprint density at radius 3 is 3.06 bits per heavy atom. The molecule has 0 unspecified atom stereocenters. The SMILES string of the molecule is CN1CCC[C@@H](COc2ccc(N)cc2F)C1. The second kappa shape index (κ2) is 5.36. The number of hydrogen-bond donors (Lipinski definition) is 1. The number of piperidine rings is 1. The van der Waals surface area contributed by atoms with Gasteiger partial charge in [-0.2, -0.15) is 0 Å². The Morgan fingerprint density at radius 1 is 1.53 bits per heavy atom. The largest absolute Gasteiger partial charge is 0.490 e. The molecule has 1 aromatic carbocycles. The van der Waals surface area contributed by atoms with Crippen LogP contribution in [0.4, 0.5) is 10.1 Å². The molecule has 1 saturated heterocycles. The number of hydrogen-bond acceptors (Lipinski definition) is 3. The minimum absolute atomic E-state index is 0.299. The van der Waals surface area contributed by atoms with Crippen LogP contribution in [0.1, 0.15) is 12.8 Å². The first-order chi connectivity index (χ1) is 8.15. The van der Waals surface area contributed by atoms with Crippen LogP contribution in [-0.2, 0) is 0 Å². The molecular weight excluding hydrogens is 219 g/mol. The number of anilines is 1. The summed E-state index contributed by atoms with van der Waals surface area (Å²) >= 11 is 0. The Labute approximate surface area is 101 Å². The number of nitrogen functional groups attached to an aromatic ring is 1. The number of benzene rings is 1. The molecule has 0 aromatic heterocycles. The monoisotopic (exact) mass is 238 g/mol. The molecule has 1 fully saturated rings. The van der Waals surface area contributed by atoms with Crippen LogP contribution in [0, 0.1) is 11.7 Å². The molecule has 2 N–H and O–H groups in total. The van der Waals surface area contributed by atoms with Crippen LogP contribution < -0.4 is 10.5 Å². The van der Waals surface area contributed by atoms with E-state index in [1.807, 2.05) is 0 Å². The van der Waals surface area contributed by atoms with Gasteiger partial charge in [0.15, 0.2) is 11.6 Å². The van der Waals surface area contributed by atoms with Crippen LogP contribution in [0.5, 0.6) is 5.75 Å². The average molecular weight is 238 g/mol. The highest BCUT2D eigenvalue weighted by atomic mass is 19.1. The Morgan fingerprint density at radius 2 is 2.35 bits per heavy atom. The fourth-order valence-corrected chi connectivity index (χ4v) is 2.25. The topological polar surface area (TPSA) is 38.5 Å². The lowest BCUT2D eigenvalue weighted by atomic mass is 10.00. The highest BCUT2D eigenvalue weighted by Crippen LogP contribution is 2.22. The number of likely N-dealkylation sites (tertiary alicyclic amines) is 1. The van der Waals surface area contributed by atoms with E-state index >= 15 is 0 Å². The second-order valence-electron chi connectivity index (χ2n) is 4.77. The van der Waals surface area contributed by atoms with Crippen molar-refractivity contribution in [1.29, 1.82) is 0 Å². The molecule has 1 aliphatic heterocycles. The molecule has 0 saturated carbocycles. The van der Waals surface area contributed by atoms with Gasteiger partial charge in [-0.05, 0) is 38.6 Å². The van der Waals surface area contributed by atoms with E-state index in [4.69, 9.17) is 10.5 Å². The summed E-state index contributed by atoms with van der Waals surface area (Å²) < 4.78 is 19.0. The van der Waals surface area contributed by atoms with Gasteiger partial charge in [-0.1, -0.05) is 0 Å². The lowest BCUT2D eigenvalue weighted by molar-refractivity contribution is 0.147. The predicted octanol–water partition coefficient (Wildman–Crippen LogP) is 2.13. The van der Waals surface area contributed by atoms with Crippen molar-refractivity contribution in [1.82, 2.24) is 4.90 Å². The van der Waals surface area contributed by atoms with Gasteiger partial charge in [0.2, 0.25) is 0 Å². The molecule has 1 heterocycles. The number of nitrogens with two attached hydrogens (primary N) is 1. The molecule has 17 heavy (non-hydrogen) atoms. The van der Waals surface area contributed by atoms with Gasteiger partial charge in [-0.3, -0.25) is 0 Å². The van der Waals surface area contributed by atoms with Gasteiger partial charge in [-0.15, -0.1) is 0 Å². The molecule has 1 atom stereocenters. The van der Waals surface area contributed by atoms with Crippen molar-refractivity contribution in [2.75, 3.05) is 32.5 Å². The molecule has 1 aliphatic rings. The minimum Gasteiger partial charge on any atom is -0.490 e. The third-order valence-electron chi connectivity index (χ3n) is 3.15. The third kappa shape index (κ3) is 3.33. The van der Waals surface area contributed by atoms with Crippen molar-refractivity contribution in [2.24, 2.45) is 5.92 Å². The molecule has 2 rings (SSSR count). The molecule has 4 heteroatoms. The van der Waals surface area contributed by atoms with E-state index in [9.17, 15) is 4.39 Å². The van der Waals surface area contributed by atoms with Crippen molar-refractivity contribution in [3.05, 3.63) is 24.0 Å².